The van der Waals surface area contributed by atoms with Crippen LogP contribution in [0.4, 0.5) is 10.1 Å². The Kier molecular flexibility index (Phi) is 8.59. The number of carbonyl (C=O) groups excluding carboxylic acids is 2. The predicted octanol–water partition coefficient (Wildman–Crippen LogP) is 4.39. The molecule has 0 aliphatic carbocycles. The van der Waals surface area contributed by atoms with E-state index in [-0.39, 0.29) is 29.9 Å². The van der Waals surface area contributed by atoms with E-state index in [0.29, 0.717) is 39.4 Å². The van der Waals surface area contributed by atoms with Crippen LogP contribution in [0.25, 0.3) is 5.69 Å². The monoisotopic (exact) mass is 535 g/mol. The van der Waals surface area contributed by atoms with Gasteiger partial charge in [0.2, 0.25) is 5.91 Å². The molecule has 0 aliphatic rings. The van der Waals surface area contributed by atoms with Crippen LogP contribution < -0.4 is 20.1 Å². The number of aromatic nitrogens is 3. The van der Waals surface area contributed by atoms with Gasteiger partial charge >= 0.3 is 0 Å². The molecule has 0 saturated carbocycles. The topological polar surface area (TPSA) is 107 Å². The number of nitrogens with one attached hydrogen (secondary N) is 2. The lowest BCUT2D eigenvalue weighted by atomic mass is 10.1. The van der Waals surface area contributed by atoms with Crippen molar-refractivity contribution in [1.29, 1.82) is 0 Å². The summed E-state index contributed by atoms with van der Waals surface area (Å²) in [6.45, 7) is 1.99. The molecule has 0 saturated heterocycles. The normalized spacial score (nSPS) is 10.6. The third-order valence-corrected chi connectivity index (χ3v) is 6.40. The lowest BCUT2D eigenvalue weighted by Crippen LogP contribution is -2.24. The highest BCUT2D eigenvalue weighted by atomic mass is 32.2. The van der Waals surface area contributed by atoms with Crippen LogP contribution in [0.5, 0.6) is 11.5 Å². The maximum absolute atomic E-state index is 13.2. The molecule has 2 N–H and O–H groups in total. The van der Waals surface area contributed by atoms with Gasteiger partial charge in [0.15, 0.2) is 11.0 Å². The summed E-state index contributed by atoms with van der Waals surface area (Å²) < 4.78 is 25.8. The van der Waals surface area contributed by atoms with Gasteiger partial charge < -0.3 is 20.1 Å². The van der Waals surface area contributed by atoms with E-state index in [1.165, 1.54) is 31.4 Å². The third kappa shape index (κ3) is 6.48. The lowest BCUT2D eigenvalue weighted by molar-refractivity contribution is -0.113. The Bertz CT molecular complexity index is 1440. The molecule has 196 valence electrons. The molecule has 0 fully saturated rings. The molecule has 9 nitrogen and oxygen atoms in total. The van der Waals surface area contributed by atoms with Crippen molar-refractivity contribution in [2.75, 3.05) is 25.3 Å². The summed E-state index contributed by atoms with van der Waals surface area (Å²) in [6.07, 6.45) is 0. The lowest BCUT2D eigenvalue weighted by Gasteiger charge is -2.15. The van der Waals surface area contributed by atoms with E-state index < -0.39 is 0 Å². The molecule has 0 unspecified atom stereocenters. The fraction of sp³-hybridized carbons (Fsp3) is 0.185. The number of amides is 2. The van der Waals surface area contributed by atoms with Crippen molar-refractivity contribution in [3.63, 3.8) is 0 Å². The molecule has 3 aromatic carbocycles. The van der Waals surface area contributed by atoms with Crippen LogP contribution in [0.2, 0.25) is 0 Å². The molecule has 11 heteroatoms. The van der Waals surface area contributed by atoms with Gasteiger partial charge in [-0.25, -0.2) is 4.39 Å². The zero-order valence-electron chi connectivity index (χ0n) is 21.0. The van der Waals surface area contributed by atoms with Crippen molar-refractivity contribution in [3.8, 4) is 17.2 Å². The van der Waals surface area contributed by atoms with Gasteiger partial charge in [-0.1, -0.05) is 29.5 Å². The first-order chi connectivity index (χ1) is 18.4. The predicted molar refractivity (Wildman–Crippen MR) is 143 cm³/mol. The molecule has 2 amide bonds. The third-order valence-electron chi connectivity index (χ3n) is 5.47. The fourth-order valence-corrected chi connectivity index (χ4v) is 4.39. The van der Waals surface area contributed by atoms with Crippen LogP contribution in [0.1, 0.15) is 21.7 Å². The molecular formula is C27H26FN5O4S. The standard InChI is InChI=1S/C27H26FN5O4S/c1-17-5-4-6-18(13-17)26(35)29-15-24-31-32-27(33(24)22-14-21(36-2)11-12-23(22)37-3)38-16-25(34)30-20-9-7-19(28)8-10-20/h4-14H,15-16H2,1-3H3,(H,29,35)(H,30,34). The van der Waals surface area contributed by atoms with E-state index in [0.717, 1.165) is 17.3 Å². The minimum atomic E-state index is -0.389. The molecule has 0 aliphatic heterocycles. The average Bonchev–Trinajstić information content (AvgIpc) is 3.34. The highest BCUT2D eigenvalue weighted by molar-refractivity contribution is 7.99. The van der Waals surface area contributed by atoms with Crippen molar-refractivity contribution in [2.45, 2.75) is 18.6 Å². The smallest absolute Gasteiger partial charge is 0.251 e. The van der Waals surface area contributed by atoms with Crippen LogP contribution in [-0.2, 0) is 11.3 Å². The number of hydrogen-bond donors (Lipinski definition) is 2. The second-order valence-electron chi connectivity index (χ2n) is 8.17. The fourth-order valence-electron chi connectivity index (χ4n) is 3.63. The molecule has 1 heterocycles. The molecule has 0 radical (unpaired) electrons. The quantitative estimate of drug-likeness (QED) is 0.290. The number of halogens is 1. The second-order valence-corrected chi connectivity index (χ2v) is 9.11. The molecule has 1 aromatic heterocycles. The van der Waals surface area contributed by atoms with Crippen LogP contribution in [0.3, 0.4) is 0 Å². The molecular weight excluding hydrogens is 509 g/mol. The first-order valence-electron chi connectivity index (χ1n) is 11.6. The summed E-state index contributed by atoms with van der Waals surface area (Å²) in [5.74, 6) is 0.594. The summed E-state index contributed by atoms with van der Waals surface area (Å²) in [5, 5.41) is 14.6. The number of methoxy groups -OCH3 is 2. The molecule has 0 bridgehead atoms. The van der Waals surface area contributed by atoms with Gasteiger partial charge in [-0.2, -0.15) is 0 Å². The van der Waals surface area contributed by atoms with E-state index in [1.54, 1.807) is 42.0 Å². The first-order valence-corrected chi connectivity index (χ1v) is 12.6. The second kappa shape index (κ2) is 12.2. The van der Waals surface area contributed by atoms with Gasteiger partial charge in [-0.05, 0) is 55.5 Å². The Hall–Kier alpha value is -4.38. The van der Waals surface area contributed by atoms with Gasteiger partial charge in [0.1, 0.15) is 17.3 Å². The summed E-state index contributed by atoms with van der Waals surface area (Å²) >= 11 is 1.15. The number of nitrogens with zero attached hydrogens (tertiary/aromatic N) is 3. The van der Waals surface area contributed by atoms with Gasteiger partial charge in [0.05, 0.1) is 32.2 Å². The van der Waals surface area contributed by atoms with Gasteiger partial charge in [-0.15, -0.1) is 10.2 Å². The summed E-state index contributed by atoms with van der Waals surface area (Å²) in [4.78, 5) is 25.3. The van der Waals surface area contributed by atoms with Crippen molar-refractivity contribution in [3.05, 3.63) is 89.5 Å². The highest BCUT2D eigenvalue weighted by Gasteiger charge is 2.20. The molecule has 0 atom stereocenters. The van der Waals surface area contributed by atoms with E-state index in [1.807, 2.05) is 19.1 Å². The van der Waals surface area contributed by atoms with Crippen LogP contribution >= 0.6 is 11.8 Å². The minimum absolute atomic E-state index is 0.0114. The Morgan fingerprint density at radius 3 is 2.50 bits per heavy atom. The number of benzene rings is 3. The largest absolute Gasteiger partial charge is 0.497 e. The number of carbonyl (C=O) groups is 2. The molecule has 0 spiro atoms. The van der Waals surface area contributed by atoms with Gasteiger partial charge in [0, 0.05) is 17.3 Å². The van der Waals surface area contributed by atoms with E-state index >= 15 is 0 Å². The SMILES string of the molecule is COc1ccc(OC)c(-n2c(CNC(=O)c3cccc(C)c3)nnc2SCC(=O)Nc2ccc(F)cc2)c1. The maximum atomic E-state index is 13.2. The Morgan fingerprint density at radius 1 is 1.00 bits per heavy atom. The average molecular weight is 536 g/mol. The Balaban J connectivity index is 1.59. The number of ether oxygens (including phenoxy) is 2. The van der Waals surface area contributed by atoms with Crippen molar-refractivity contribution in [2.24, 2.45) is 0 Å². The summed E-state index contributed by atoms with van der Waals surface area (Å²) in [6, 6.07) is 18.0. The number of rotatable bonds is 10. The molecule has 4 aromatic rings. The zero-order valence-corrected chi connectivity index (χ0v) is 21.8. The van der Waals surface area contributed by atoms with Crippen molar-refractivity contribution in [1.82, 2.24) is 20.1 Å². The summed E-state index contributed by atoms with van der Waals surface area (Å²) in [5.41, 5.74) is 2.56. The Labute approximate surface area is 223 Å². The minimum Gasteiger partial charge on any atom is -0.497 e. The number of aryl methyl sites for hydroxylation is 1. The Morgan fingerprint density at radius 2 is 1.79 bits per heavy atom. The summed E-state index contributed by atoms with van der Waals surface area (Å²) in [7, 11) is 3.09. The van der Waals surface area contributed by atoms with E-state index in [2.05, 4.69) is 20.8 Å². The van der Waals surface area contributed by atoms with Gasteiger partial charge in [0.25, 0.3) is 5.91 Å². The first kappa shape index (κ1) is 26.7. The number of thioether (sulfide) groups is 1. The van der Waals surface area contributed by atoms with Gasteiger partial charge in [-0.3, -0.25) is 14.2 Å². The van der Waals surface area contributed by atoms with Crippen LogP contribution in [0.15, 0.2) is 71.9 Å². The van der Waals surface area contributed by atoms with E-state index in [9.17, 15) is 14.0 Å². The number of anilines is 1. The maximum Gasteiger partial charge on any atom is 0.251 e. The van der Waals surface area contributed by atoms with E-state index in [4.69, 9.17) is 9.47 Å². The number of hydrogen-bond acceptors (Lipinski definition) is 7. The zero-order chi connectivity index (χ0) is 27.1. The van der Waals surface area contributed by atoms with Crippen molar-refractivity contribution >= 4 is 29.3 Å². The highest BCUT2D eigenvalue weighted by Crippen LogP contribution is 2.32. The van der Waals surface area contributed by atoms with Crippen LogP contribution in [0, 0.1) is 12.7 Å². The van der Waals surface area contributed by atoms with Crippen LogP contribution in [-0.4, -0.2) is 46.6 Å². The van der Waals surface area contributed by atoms with Crippen molar-refractivity contribution < 1.29 is 23.5 Å². The molecule has 38 heavy (non-hydrogen) atoms. The molecule has 4 rings (SSSR count).